The molecule has 0 aliphatic heterocycles. The van der Waals surface area contributed by atoms with E-state index in [1.54, 1.807) is 6.20 Å². The SMILES string of the molecule is Cc1cccn2c(=O)cc(CN(CCO)CCO)nc12. The van der Waals surface area contributed by atoms with Crippen LogP contribution in [0, 0.1) is 6.92 Å². The first-order valence-corrected chi connectivity index (χ1v) is 6.57. The molecule has 2 N–H and O–H groups in total. The Morgan fingerprint density at radius 3 is 2.65 bits per heavy atom. The Labute approximate surface area is 116 Å². The molecule has 0 saturated carbocycles. The van der Waals surface area contributed by atoms with Crippen molar-refractivity contribution in [2.75, 3.05) is 26.3 Å². The summed E-state index contributed by atoms with van der Waals surface area (Å²) in [5.74, 6) is 0. The molecule has 0 spiro atoms. The second kappa shape index (κ2) is 6.60. The van der Waals surface area contributed by atoms with Gasteiger partial charge in [0.2, 0.25) is 0 Å². The molecule has 0 aliphatic carbocycles. The zero-order valence-corrected chi connectivity index (χ0v) is 11.5. The maximum atomic E-state index is 12.1. The summed E-state index contributed by atoms with van der Waals surface area (Å²) in [5, 5.41) is 18.0. The highest BCUT2D eigenvalue weighted by atomic mass is 16.3. The van der Waals surface area contributed by atoms with Gasteiger partial charge in [0.05, 0.1) is 18.9 Å². The maximum Gasteiger partial charge on any atom is 0.258 e. The summed E-state index contributed by atoms with van der Waals surface area (Å²) in [6.07, 6.45) is 1.70. The van der Waals surface area contributed by atoms with Crippen LogP contribution in [-0.4, -0.2) is 50.8 Å². The minimum atomic E-state index is -0.123. The van der Waals surface area contributed by atoms with E-state index in [-0.39, 0.29) is 18.8 Å². The second-order valence-corrected chi connectivity index (χ2v) is 4.69. The lowest BCUT2D eigenvalue weighted by molar-refractivity contribution is 0.154. The average molecular weight is 277 g/mol. The van der Waals surface area contributed by atoms with Gasteiger partial charge in [0.1, 0.15) is 5.65 Å². The summed E-state index contributed by atoms with van der Waals surface area (Å²) >= 11 is 0. The van der Waals surface area contributed by atoms with Gasteiger partial charge in [-0.05, 0) is 18.6 Å². The molecule has 0 fully saturated rings. The molecule has 20 heavy (non-hydrogen) atoms. The number of aliphatic hydroxyl groups is 2. The third-order valence-corrected chi connectivity index (χ3v) is 3.16. The van der Waals surface area contributed by atoms with Gasteiger partial charge in [-0.3, -0.25) is 14.1 Å². The van der Waals surface area contributed by atoms with Crippen LogP contribution in [0.15, 0.2) is 29.2 Å². The average Bonchev–Trinajstić information content (AvgIpc) is 2.41. The zero-order chi connectivity index (χ0) is 14.5. The second-order valence-electron chi connectivity index (χ2n) is 4.69. The predicted octanol–water partition coefficient (Wildman–Crippen LogP) is -0.210. The van der Waals surface area contributed by atoms with E-state index in [1.165, 1.54) is 10.5 Å². The Morgan fingerprint density at radius 2 is 2.00 bits per heavy atom. The molecular weight excluding hydrogens is 258 g/mol. The van der Waals surface area contributed by atoms with Crippen LogP contribution in [0.2, 0.25) is 0 Å². The Morgan fingerprint density at radius 1 is 1.30 bits per heavy atom. The molecular formula is C14H19N3O3. The highest BCUT2D eigenvalue weighted by molar-refractivity contribution is 5.46. The Kier molecular flexibility index (Phi) is 4.84. The van der Waals surface area contributed by atoms with Crippen LogP contribution in [0.1, 0.15) is 11.3 Å². The van der Waals surface area contributed by atoms with Gasteiger partial charge in [0.25, 0.3) is 5.56 Å². The van der Waals surface area contributed by atoms with Gasteiger partial charge < -0.3 is 10.2 Å². The van der Waals surface area contributed by atoms with Crippen LogP contribution < -0.4 is 5.56 Å². The number of hydrogen-bond donors (Lipinski definition) is 2. The standard InChI is InChI=1S/C14H19N3O3/c1-11-3-2-4-17-13(20)9-12(15-14(11)17)10-16(5-7-18)6-8-19/h2-4,9,18-19H,5-8,10H2,1H3. The van der Waals surface area contributed by atoms with Crippen molar-refractivity contribution in [3.63, 3.8) is 0 Å². The summed E-state index contributed by atoms with van der Waals surface area (Å²) in [4.78, 5) is 18.4. The molecule has 0 bridgehead atoms. The quantitative estimate of drug-likeness (QED) is 0.764. The summed E-state index contributed by atoms with van der Waals surface area (Å²) in [6, 6.07) is 5.22. The van der Waals surface area contributed by atoms with Crippen molar-refractivity contribution in [1.82, 2.24) is 14.3 Å². The van der Waals surface area contributed by atoms with Gasteiger partial charge >= 0.3 is 0 Å². The van der Waals surface area contributed by atoms with Gasteiger partial charge in [-0.25, -0.2) is 4.98 Å². The first-order chi connectivity index (χ1) is 9.65. The lowest BCUT2D eigenvalue weighted by atomic mass is 10.2. The van der Waals surface area contributed by atoms with E-state index >= 15 is 0 Å². The molecule has 2 aromatic heterocycles. The number of pyridine rings is 1. The molecule has 0 unspecified atom stereocenters. The molecule has 0 aromatic carbocycles. The Bertz CT molecular complexity index is 633. The normalized spacial score (nSPS) is 11.4. The monoisotopic (exact) mass is 277 g/mol. The number of hydrogen-bond acceptors (Lipinski definition) is 5. The highest BCUT2D eigenvalue weighted by Gasteiger charge is 2.09. The van der Waals surface area contributed by atoms with Crippen molar-refractivity contribution in [2.24, 2.45) is 0 Å². The molecule has 2 heterocycles. The number of aromatic nitrogens is 2. The largest absolute Gasteiger partial charge is 0.395 e. The summed E-state index contributed by atoms with van der Waals surface area (Å²) in [7, 11) is 0. The highest BCUT2D eigenvalue weighted by Crippen LogP contribution is 2.07. The van der Waals surface area contributed by atoms with E-state index in [0.29, 0.717) is 31.0 Å². The van der Waals surface area contributed by atoms with E-state index in [4.69, 9.17) is 10.2 Å². The maximum absolute atomic E-state index is 12.1. The molecule has 0 atom stereocenters. The third-order valence-electron chi connectivity index (χ3n) is 3.16. The molecule has 0 aliphatic rings. The topological polar surface area (TPSA) is 78.1 Å². The number of rotatable bonds is 6. The number of aryl methyl sites for hydroxylation is 1. The molecule has 6 nitrogen and oxygen atoms in total. The van der Waals surface area contributed by atoms with Crippen LogP contribution in [0.4, 0.5) is 0 Å². The van der Waals surface area contributed by atoms with Crippen LogP contribution in [0.3, 0.4) is 0 Å². The first-order valence-electron chi connectivity index (χ1n) is 6.57. The Balaban J connectivity index is 2.35. The van der Waals surface area contributed by atoms with Crippen molar-refractivity contribution in [3.8, 4) is 0 Å². The molecule has 6 heteroatoms. The fourth-order valence-electron chi connectivity index (χ4n) is 2.17. The summed E-state index contributed by atoms with van der Waals surface area (Å²) in [5.41, 5.74) is 2.10. The van der Waals surface area contributed by atoms with Crippen molar-refractivity contribution in [1.29, 1.82) is 0 Å². The molecule has 0 saturated heterocycles. The van der Waals surface area contributed by atoms with Gasteiger partial charge in [-0.2, -0.15) is 0 Å². The molecule has 0 radical (unpaired) electrons. The summed E-state index contributed by atoms with van der Waals surface area (Å²) < 4.78 is 1.52. The smallest absolute Gasteiger partial charge is 0.258 e. The van der Waals surface area contributed by atoms with Crippen molar-refractivity contribution in [2.45, 2.75) is 13.5 Å². The van der Waals surface area contributed by atoms with Gasteiger partial charge in [0, 0.05) is 31.9 Å². The Hall–Kier alpha value is -1.76. The fraction of sp³-hybridized carbons (Fsp3) is 0.429. The van der Waals surface area contributed by atoms with Crippen LogP contribution in [-0.2, 0) is 6.54 Å². The van der Waals surface area contributed by atoms with Crippen molar-refractivity contribution < 1.29 is 10.2 Å². The minimum Gasteiger partial charge on any atom is -0.395 e. The zero-order valence-electron chi connectivity index (χ0n) is 11.5. The van der Waals surface area contributed by atoms with Gasteiger partial charge in [-0.15, -0.1) is 0 Å². The fourth-order valence-corrected chi connectivity index (χ4v) is 2.17. The van der Waals surface area contributed by atoms with Crippen molar-refractivity contribution >= 4 is 5.65 Å². The lowest BCUT2D eigenvalue weighted by Gasteiger charge is -2.19. The van der Waals surface area contributed by atoms with Crippen LogP contribution in [0.25, 0.3) is 5.65 Å². The lowest BCUT2D eigenvalue weighted by Crippen LogP contribution is -2.30. The van der Waals surface area contributed by atoms with Crippen LogP contribution in [0.5, 0.6) is 0 Å². The number of nitrogens with zero attached hydrogens (tertiary/aromatic N) is 3. The van der Waals surface area contributed by atoms with E-state index in [1.807, 2.05) is 24.0 Å². The molecule has 0 amide bonds. The van der Waals surface area contributed by atoms with E-state index in [2.05, 4.69) is 4.98 Å². The van der Waals surface area contributed by atoms with Crippen LogP contribution >= 0.6 is 0 Å². The summed E-state index contributed by atoms with van der Waals surface area (Å²) in [6.45, 7) is 3.23. The number of aliphatic hydroxyl groups excluding tert-OH is 2. The number of fused-ring (bicyclic) bond motifs is 1. The van der Waals surface area contributed by atoms with Gasteiger partial charge in [0.15, 0.2) is 0 Å². The molecule has 108 valence electrons. The predicted molar refractivity (Wildman–Crippen MR) is 75.6 cm³/mol. The third kappa shape index (κ3) is 3.22. The van der Waals surface area contributed by atoms with E-state index in [0.717, 1.165) is 5.56 Å². The molecule has 2 rings (SSSR count). The van der Waals surface area contributed by atoms with Crippen molar-refractivity contribution in [3.05, 3.63) is 46.0 Å². The first kappa shape index (κ1) is 14.6. The molecule has 2 aromatic rings. The van der Waals surface area contributed by atoms with Gasteiger partial charge in [-0.1, -0.05) is 6.07 Å². The minimum absolute atomic E-state index is 0.00555. The van der Waals surface area contributed by atoms with E-state index < -0.39 is 0 Å². The van der Waals surface area contributed by atoms with E-state index in [9.17, 15) is 4.79 Å².